The van der Waals surface area contributed by atoms with Crippen molar-refractivity contribution in [2.75, 3.05) is 19.6 Å². The number of piperidine rings is 1. The average Bonchev–Trinajstić information content (AvgIpc) is 3.17. The molecule has 1 aliphatic heterocycles. The first kappa shape index (κ1) is 19.8. The number of rotatable bonds is 6. The summed E-state index contributed by atoms with van der Waals surface area (Å²) < 4.78 is 0. The summed E-state index contributed by atoms with van der Waals surface area (Å²) in [4.78, 5) is 15.7. The number of para-hydroxylation sites is 1. The highest BCUT2D eigenvalue weighted by molar-refractivity contribution is 5.82. The Bertz CT molecular complexity index is 993. The maximum Gasteiger partial charge on any atom is 0.139 e. The Labute approximate surface area is 174 Å². The quantitative estimate of drug-likeness (QED) is 0.588. The second-order valence-electron chi connectivity index (χ2n) is 8.22. The number of pyridine rings is 1. The van der Waals surface area contributed by atoms with Gasteiger partial charge in [0.2, 0.25) is 0 Å². The fourth-order valence-corrected chi connectivity index (χ4v) is 4.41. The Hall–Kier alpha value is -2.46. The summed E-state index contributed by atoms with van der Waals surface area (Å²) in [5, 5.41) is 1.14. The van der Waals surface area contributed by atoms with Crippen LogP contribution >= 0.6 is 0 Å². The molecule has 1 fully saturated rings. The van der Waals surface area contributed by atoms with Gasteiger partial charge in [0.25, 0.3) is 0 Å². The van der Waals surface area contributed by atoms with E-state index in [0.29, 0.717) is 5.92 Å². The molecule has 0 amide bonds. The first-order valence-electron chi connectivity index (χ1n) is 11.0. The van der Waals surface area contributed by atoms with Crippen LogP contribution in [0.5, 0.6) is 0 Å². The summed E-state index contributed by atoms with van der Waals surface area (Å²) in [6, 6.07) is 10.4. The maximum absolute atomic E-state index is 4.95. The molecule has 0 saturated carbocycles. The number of fused-ring (bicyclic) bond motifs is 1. The fourth-order valence-electron chi connectivity index (χ4n) is 4.41. The molecule has 0 bridgehead atoms. The van der Waals surface area contributed by atoms with Gasteiger partial charge in [-0.25, -0.2) is 4.98 Å². The molecule has 1 aromatic carbocycles. The van der Waals surface area contributed by atoms with Crippen LogP contribution < -0.4 is 0 Å². The minimum Gasteiger partial charge on any atom is -0.341 e. The Balaban J connectivity index is 1.56. The SMILES string of the molecule is CCCN1CCC(/C(C)=C/c2nc(-c3cnc4ccccc4c3)[nH]c2CC)CC1. The molecule has 1 N–H and O–H groups in total. The highest BCUT2D eigenvalue weighted by Crippen LogP contribution is 2.28. The van der Waals surface area contributed by atoms with Gasteiger partial charge in [0.05, 0.1) is 11.2 Å². The Kier molecular flexibility index (Phi) is 6.10. The van der Waals surface area contributed by atoms with E-state index in [4.69, 9.17) is 4.98 Å². The van der Waals surface area contributed by atoms with Crippen LogP contribution in [0.15, 0.2) is 42.1 Å². The van der Waals surface area contributed by atoms with E-state index >= 15 is 0 Å². The number of aromatic amines is 1. The number of benzene rings is 1. The smallest absolute Gasteiger partial charge is 0.139 e. The molecule has 4 rings (SSSR count). The molecule has 0 aliphatic carbocycles. The van der Waals surface area contributed by atoms with E-state index in [-0.39, 0.29) is 0 Å². The third-order valence-corrected chi connectivity index (χ3v) is 6.16. The topological polar surface area (TPSA) is 44.8 Å². The zero-order valence-corrected chi connectivity index (χ0v) is 17.9. The lowest BCUT2D eigenvalue weighted by molar-refractivity contribution is 0.199. The van der Waals surface area contributed by atoms with Gasteiger partial charge in [-0.3, -0.25) is 4.98 Å². The predicted molar refractivity (Wildman–Crippen MR) is 122 cm³/mol. The molecule has 152 valence electrons. The molecule has 1 saturated heterocycles. The van der Waals surface area contributed by atoms with Crippen molar-refractivity contribution in [1.82, 2.24) is 19.9 Å². The van der Waals surface area contributed by atoms with Gasteiger partial charge in [-0.15, -0.1) is 0 Å². The normalized spacial score (nSPS) is 16.6. The molecule has 0 spiro atoms. The zero-order valence-electron chi connectivity index (χ0n) is 17.9. The number of aromatic nitrogens is 3. The number of likely N-dealkylation sites (tertiary alicyclic amines) is 1. The Morgan fingerprint density at radius 2 is 2.00 bits per heavy atom. The van der Waals surface area contributed by atoms with Crippen LogP contribution in [0.3, 0.4) is 0 Å². The van der Waals surface area contributed by atoms with Gasteiger partial charge in [0.1, 0.15) is 5.82 Å². The van der Waals surface area contributed by atoms with E-state index in [1.807, 2.05) is 18.3 Å². The third-order valence-electron chi connectivity index (χ3n) is 6.16. The summed E-state index contributed by atoms with van der Waals surface area (Å²) >= 11 is 0. The summed E-state index contributed by atoms with van der Waals surface area (Å²) in [5.74, 6) is 1.59. The van der Waals surface area contributed by atoms with Crippen LogP contribution in [0.1, 0.15) is 51.4 Å². The van der Waals surface area contributed by atoms with E-state index < -0.39 is 0 Å². The summed E-state index contributed by atoms with van der Waals surface area (Å²) in [6.45, 7) is 10.4. The van der Waals surface area contributed by atoms with E-state index in [1.54, 1.807) is 0 Å². The molecular formula is C25H32N4. The van der Waals surface area contributed by atoms with Crippen molar-refractivity contribution in [2.45, 2.75) is 46.5 Å². The molecule has 1 aliphatic rings. The lowest BCUT2D eigenvalue weighted by atomic mass is 9.89. The molecule has 3 heterocycles. The minimum absolute atomic E-state index is 0.676. The number of hydrogen-bond donors (Lipinski definition) is 1. The zero-order chi connectivity index (χ0) is 20.2. The first-order valence-corrected chi connectivity index (χ1v) is 11.0. The number of allylic oxidation sites excluding steroid dienone is 1. The van der Waals surface area contributed by atoms with Gasteiger partial charge < -0.3 is 9.88 Å². The predicted octanol–water partition coefficient (Wildman–Crippen LogP) is 5.71. The van der Waals surface area contributed by atoms with Crippen LogP contribution in [0, 0.1) is 5.92 Å². The summed E-state index contributed by atoms with van der Waals surface area (Å²) in [6.07, 6.45) is 8.95. The standard InChI is InChI=1S/C25H32N4/c1-4-12-29-13-10-19(11-14-29)18(3)15-24-22(5-2)27-25(28-24)21-16-20-8-6-7-9-23(20)26-17-21/h6-9,15-17,19H,4-5,10-14H2,1-3H3,(H,27,28)/b18-15+. The molecule has 29 heavy (non-hydrogen) atoms. The van der Waals surface area contributed by atoms with Crippen molar-refractivity contribution < 1.29 is 0 Å². The van der Waals surface area contributed by atoms with E-state index in [1.165, 1.54) is 50.2 Å². The minimum atomic E-state index is 0.676. The van der Waals surface area contributed by atoms with E-state index in [9.17, 15) is 0 Å². The van der Waals surface area contributed by atoms with Crippen LogP contribution in [-0.4, -0.2) is 39.5 Å². The Morgan fingerprint density at radius 3 is 2.76 bits per heavy atom. The van der Waals surface area contributed by atoms with Crippen molar-refractivity contribution in [3.05, 3.63) is 53.5 Å². The number of hydrogen-bond acceptors (Lipinski definition) is 3. The van der Waals surface area contributed by atoms with Crippen molar-refractivity contribution in [3.8, 4) is 11.4 Å². The number of nitrogens with zero attached hydrogens (tertiary/aromatic N) is 3. The van der Waals surface area contributed by atoms with Crippen molar-refractivity contribution in [1.29, 1.82) is 0 Å². The number of imidazole rings is 1. The molecule has 0 unspecified atom stereocenters. The molecular weight excluding hydrogens is 356 g/mol. The van der Waals surface area contributed by atoms with Gasteiger partial charge in [-0.2, -0.15) is 0 Å². The fraction of sp³-hybridized carbons (Fsp3) is 0.440. The molecule has 4 nitrogen and oxygen atoms in total. The summed E-state index contributed by atoms with van der Waals surface area (Å²) in [5.41, 5.74) is 5.82. The molecule has 4 heteroatoms. The van der Waals surface area contributed by atoms with E-state index in [2.05, 4.69) is 59.9 Å². The maximum atomic E-state index is 4.95. The van der Waals surface area contributed by atoms with Gasteiger partial charge in [-0.05, 0) is 76.4 Å². The van der Waals surface area contributed by atoms with Gasteiger partial charge in [0, 0.05) is 22.8 Å². The lowest BCUT2D eigenvalue weighted by Gasteiger charge is -2.32. The van der Waals surface area contributed by atoms with Crippen molar-refractivity contribution in [3.63, 3.8) is 0 Å². The lowest BCUT2D eigenvalue weighted by Crippen LogP contribution is -2.34. The molecule has 0 radical (unpaired) electrons. The third kappa shape index (κ3) is 4.43. The highest BCUT2D eigenvalue weighted by atomic mass is 15.1. The Morgan fingerprint density at radius 1 is 1.21 bits per heavy atom. The average molecular weight is 389 g/mol. The number of aryl methyl sites for hydroxylation is 1. The second-order valence-corrected chi connectivity index (χ2v) is 8.22. The van der Waals surface area contributed by atoms with Crippen LogP contribution in [0.4, 0.5) is 0 Å². The first-order chi connectivity index (χ1) is 14.2. The highest BCUT2D eigenvalue weighted by Gasteiger charge is 2.20. The molecule has 3 aromatic rings. The largest absolute Gasteiger partial charge is 0.341 e. The van der Waals surface area contributed by atoms with Crippen LogP contribution in [0.2, 0.25) is 0 Å². The van der Waals surface area contributed by atoms with Crippen LogP contribution in [-0.2, 0) is 6.42 Å². The van der Waals surface area contributed by atoms with Gasteiger partial charge in [-0.1, -0.05) is 37.6 Å². The summed E-state index contributed by atoms with van der Waals surface area (Å²) in [7, 11) is 0. The number of H-pyrrole nitrogens is 1. The monoisotopic (exact) mass is 388 g/mol. The molecule has 2 aromatic heterocycles. The molecule has 0 atom stereocenters. The second kappa shape index (κ2) is 8.91. The van der Waals surface area contributed by atoms with Crippen molar-refractivity contribution in [2.24, 2.45) is 5.92 Å². The van der Waals surface area contributed by atoms with Crippen molar-refractivity contribution >= 4 is 17.0 Å². The van der Waals surface area contributed by atoms with E-state index in [0.717, 1.165) is 34.4 Å². The van der Waals surface area contributed by atoms with Crippen LogP contribution in [0.25, 0.3) is 28.4 Å². The van der Waals surface area contributed by atoms with Gasteiger partial charge >= 0.3 is 0 Å². The number of nitrogens with one attached hydrogen (secondary N) is 1. The van der Waals surface area contributed by atoms with Gasteiger partial charge in [0.15, 0.2) is 0 Å².